The Morgan fingerprint density at radius 1 is 1.18 bits per heavy atom. The first-order valence-electron chi connectivity index (χ1n) is 6.13. The number of carbonyl (C=O) groups is 2. The zero-order valence-electron chi connectivity index (χ0n) is 11.1. The van der Waals surface area contributed by atoms with Crippen LogP contribution in [0.3, 0.4) is 0 Å². The Balaban J connectivity index is 1.91. The molecule has 4 nitrogen and oxygen atoms in total. The van der Waals surface area contributed by atoms with Gasteiger partial charge < -0.3 is 10.1 Å². The molecular weight excluding hydrogens is 377 g/mol. The molecule has 0 fully saturated rings. The first-order chi connectivity index (χ1) is 10.5. The highest BCUT2D eigenvalue weighted by atomic mass is 79.9. The molecule has 1 amide bonds. The van der Waals surface area contributed by atoms with E-state index in [1.54, 1.807) is 24.3 Å². The van der Waals surface area contributed by atoms with Crippen LogP contribution in [0, 0.1) is 5.82 Å². The van der Waals surface area contributed by atoms with Crippen molar-refractivity contribution in [3.8, 4) is 0 Å². The lowest BCUT2D eigenvalue weighted by atomic mass is 10.2. The van der Waals surface area contributed by atoms with E-state index >= 15 is 0 Å². The molecule has 1 N–H and O–H groups in total. The summed E-state index contributed by atoms with van der Waals surface area (Å²) in [5.74, 6) is -2.16. The monoisotopic (exact) mass is 385 g/mol. The number of halogens is 3. The first kappa shape index (κ1) is 16.5. The maximum atomic E-state index is 13.5. The van der Waals surface area contributed by atoms with E-state index in [-0.39, 0.29) is 5.56 Å². The number of hydrogen-bond acceptors (Lipinski definition) is 3. The Morgan fingerprint density at radius 3 is 2.55 bits per heavy atom. The number of rotatable bonds is 4. The molecule has 0 unspecified atom stereocenters. The molecule has 0 aliphatic rings. The maximum Gasteiger partial charge on any atom is 0.341 e. The van der Waals surface area contributed by atoms with Gasteiger partial charge in [0.15, 0.2) is 6.61 Å². The van der Waals surface area contributed by atoms with Crippen molar-refractivity contribution in [1.82, 2.24) is 0 Å². The molecule has 0 aliphatic heterocycles. The van der Waals surface area contributed by atoms with Crippen molar-refractivity contribution in [3.63, 3.8) is 0 Å². The van der Waals surface area contributed by atoms with Gasteiger partial charge in [-0.05, 0) is 42.5 Å². The smallest absolute Gasteiger partial charge is 0.341 e. The predicted octanol–water partition coefficient (Wildman–Crippen LogP) is 4.04. The van der Waals surface area contributed by atoms with Crippen LogP contribution in [0.2, 0.25) is 5.02 Å². The number of anilines is 1. The molecule has 0 saturated heterocycles. The van der Waals surface area contributed by atoms with E-state index in [1.165, 1.54) is 12.1 Å². The third kappa shape index (κ3) is 4.54. The van der Waals surface area contributed by atoms with Crippen molar-refractivity contribution in [2.45, 2.75) is 0 Å². The van der Waals surface area contributed by atoms with Crippen molar-refractivity contribution in [2.75, 3.05) is 11.9 Å². The summed E-state index contributed by atoms with van der Waals surface area (Å²) in [5.41, 5.74) is 0.271. The van der Waals surface area contributed by atoms with E-state index in [2.05, 4.69) is 21.2 Å². The van der Waals surface area contributed by atoms with Gasteiger partial charge in [0.25, 0.3) is 5.91 Å². The molecule has 2 rings (SSSR count). The van der Waals surface area contributed by atoms with E-state index in [4.69, 9.17) is 16.3 Å². The van der Waals surface area contributed by atoms with Gasteiger partial charge in [0.05, 0.1) is 5.56 Å². The predicted molar refractivity (Wildman–Crippen MR) is 84.5 cm³/mol. The van der Waals surface area contributed by atoms with Gasteiger partial charge in [0.1, 0.15) is 5.82 Å². The van der Waals surface area contributed by atoms with E-state index in [0.717, 1.165) is 6.07 Å². The van der Waals surface area contributed by atoms with Crippen molar-refractivity contribution < 1.29 is 18.7 Å². The zero-order chi connectivity index (χ0) is 16.1. The van der Waals surface area contributed by atoms with Crippen LogP contribution in [-0.2, 0) is 9.53 Å². The Bertz CT molecular complexity index is 706. The second kappa shape index (κ2) is 7.38. The number of carbonyl (C=O) groups excluding carboxylic acids is 2. The summed E-state index contributed by atoms with van der Waals surface area (Å²) >= 11 is 8.86. The Hall–Kier alpha value is -1.92. The minimum Gasteiger partial charge on any atom is -0.452 e. The van der Waals surface area contributed by atoms with Crippen LogP contribution in [0.1, 0.15) is 10.4 Å². The van der Waals surface area contributed by atoms with Gasteiger partial charge in [-0.3, -0.25) is 4.79 Å². The molecule has 22 heavy (non-hydrogen) atoms. The normalized spacial score (nSPS) is 10.1. The van der Waals surface area contributed by atoms with Crippen molar-refractivity contribution >= 4 is 45.1 Å². The van der Waals surface area contributed by atoms with Gasteiger partial charge in [-0.15, -0.1) is 0 Å². The van der Waals surface area contributed by atoms with Crippen molar-refractivity contribution in [2.24, 2.45) is 0 Å². The van der Waals surface area contributed by atoms with Crippen LogP contribution in [-0.4, -0.2) is 18.5 Å². The van der Waals surface area contributed by atoms with E-state index < -0.39 is 24.3 Å². The summed E-state index contributed by atoms with van der Waals surface area (Å²) < 4.78 is 18.8. The molecule has 114 valence electrons. The average Bonchev–Trinajstić information content (AvgIpc) is 2.49. The molecule has 0 aromatic heterocycles. The van der Waals surface area contributed by atoms with Crippen LogP contribution in [0.15, 0.2) is 46.9 Å². The van der Waals surface area contributed by atoms with Crippen molar-refractivity contribution in [3.05, 3.63) is 63.3 Å². The standard InChI is InChI=1S/C15H10BrClFNO3/c16-9-1-6-13(18)12(7-9)15(21)22-8-14(20)19-11-4-2-10(17)3-5-11/h1-7H,8H2,(H,19,20). The molecule has 0 saturated carbocycles. The molecular formula is C15H10BrClFNO3. The molecule has 0 spiro atoms. The summed E-state index contributed by atoms with van der Waals surface area (Å²) in [6.45, 7) is -0.520. The lowest BCUT2D eigenvalue weighted by molar-refractivity contribution is -0.119. The zero-order valence-corrected chi connectivity index (χ0v) is 13.4. The summed E-state index contributed by atoms with van der Waals surface area (Å²) in [6, 6.07) is 10.3. The van der Waals surface area contributed by atoms with Crippen LogP contribution in [0.4, 0.5) is 10.1 Å². The average molecular weight is 387 g/mol. The van der Waals surface area contributed by atoms with Gasteiger partial charge in [-0.2, -0.15) is 0 Å². The number of ether oxygens (including phenoxy) is 1. The summed E-state index contributed by atoms with van der Waals surface area (Å²) in [4.78, 5) is 23.4. The first-order valence-corrected chi connectivity index (χ1v) is 7.30. The molecule has 7 heteroatoms. The minimum atomic E-state index is -0.912. The fourth-order valence-electron chi connectivity index (χ4n) is 1.59. The van der Waals surface area contributed by atoms with E-state index in [0.29, 0.717) is 15.2 Å². The quantitative estimate of drug-likeness (QED) is 0.807. The van der Waals surface area contributed by atoms with Gasteiger partial charge in [0, 0.05) is 15.2 Å². The Kier molecular flexibility index (Phi) is 5.51. The van der Waals surface area contributed by atoms with Crippen molar-refractivity contribution in [1.29, 1.82) is 0 Å². The van der Waals surface area contributed by atoms with Gasteiger partial charge in [-0.25, -0.2) is 9.18 Å². The summed E-state index contributed by atoms with van der Waals surface area (Å²) in [5, 5.41) is 3.06. The maximum absolute atomic E-state index is 13.5. The number of amides is 1. The summed E-state index contributed by atoms with van der Waals surface area (Å²) in [7, 11) is 0. The second-order valence-corrected chi connectivity index (χ2v) is 5.61. The molecule has 2 aromatic carbocycles. The van der Waals surface area contributed by atoms with Gasteiger partial charge >= 0.3 is 5.97 Å². The number of benzene rings is 2. The largest absolute Gasteiger partial charge is 0.452 e. The fourth-order valence-corrected chi connectivity index (χ4v) is 2.08. The highest BCUT2D eigenvalue weighted by Crippen LogP contribution is 2.17. The fraction of sp³-hybridized carbons (Fsp3) is 0.0667. The topological polar surface area (TPSA) is 55.4 Å². The van der Waals surface area contributed by atoms with Gasteiger partial charge in [0.2, 0.25) is 0 Å². The Labute approximate surface area is 139 Å². The lowest BCUT2D eigenvalue weighted by Crippen LogP contribution is -2.21. The second-order valence-electron chi connectivity index (χ2n) is 4.26. The minimum absolute atomic E-state index is 0.242. The third-order valence-corrected chi connectivity index (χ3v) is 3.36. The number of hydrogen-bond donors (Lipinski definition) is 1. The molecule has 2 aromatic rings. The molecule has 0 radical (unpaired) electrons. The SMILES string of the molecule is O=C(COC(=O)c1cc(Br)ccc1F)Nc1ccc(Cl)cc1. The highest BCUT2D eigenvalue weighted by molar-refractivity contribution is 9.10. The number of nitrogens with one attached hydrogen (secondary N) is 1. The Morgan fingerprint density at radius 2 is 1.86 bits per heavy atom. The van der Waals surface area contributed by atoms with Gasteiger partial charge in [-0.1, -0.05) is 27.5 Å². The van der Waals surface area contributed by atoms with Crippen LogP contribution in [0.25, 0.3) is 0 Å². The molecule has 0 bridgehead atoms. The van der Waals surface area contributed by atoms with E-state index in [9.17, 15) is 14.0 Å². The van der Waals surface area contributed by atoms with E-state index in [1.807, 2.05) is 0 Å². The molecule has 0 atom stereocenters. The highest BCUT2D eigenvalue weighted by Gasteiger charge is 2.15. The number of esters is 1. The van der Waals surface area contributed by atoms with Crippen LogP contribution in [0.5, 0.6) is 0 Å². The molecule has 0 heterocycles. The van der Waals surface area contributed by atoms with Crippen LogP contribution >= 0.6 is 27.5 Å². The lowest BCUT2D eigenvalue weighted by Gasteiger charge is -2.07. The molecule has 0 aliphatic carbocycles. The summed E-state index contributed by atoms with van der Waals surface area (Å²) in [6.07, 6.45) is 0. The van der Waals surface area contributed by atoms with Crippen LogP contribution < -0.4 is 5.32 Å². The third-order valence-electron chi connectivity index (χ3n) is 2.61.